The van der Waals surface area contributed by atoms with E-state index in [1.54, 1.807) is 0 Å². The largest absolute Gasteiger partial charge is 0.494 e. The summed E-state index contributed by atoms with van der Waals surface area (Å²) >= 11 is 0. The molecule has 0 aromatic heterocycles. The number of nitrogens with one attached hydrogen (secondary N) is 1. The van der Waals surface area contributed by atoms with Gasteiger partial charge < -0.3 is 4.74 Å². The van der Waals surface area contributed by atoms with Crippen molar-refractivity contribution in [2.75, 3.05) is 20.2 Å². The van der Waals surface area contributed by atoms with Crippen molar-refractivity contribution in [1.82, 2.24) is 9.62 Å². The summed E-state index contributed by atoms with van der Waals surface area (Å²) in [6.07, 6.45) is 4.14. The highest BCUT2D eigenvalue weighted by Crippen LogP contribution is 2.28. The smallest absolute Gasteiger partial charge is 0.240 e. The van der Waals surface area contributed by atoms with E-state index < -0.39 is 15.8 Å². The molecule has 2 fully saturated rings. The fourth-order valence-electron chi connectivity index (χ4n) is 3.47. The summed E-state index contributed by atoms with van der Waals surface area (Å²) in [5.74, 6) is -0.630. The topological polar surface area (TPSA) is 58.6 Å². The first kappa shape index (κ1) is 15.7. The summed E-state index contributed by atoms with van der Waals surface area (Å²) in [5, 5.41) is 0. The predicted molar refractivity (Wildman–Crippen MR) is 80.9 cm³/mol. The van der Waals surface area contributed by atoms with Gasteiger partial charge in [-0.15, -0.1) is 0 Å². The van der Waals surface area contributed by atoms with Gasteiger partial charge in [-0.25, -0.2) is 17.5 Å². The number of benzene rings is 1. The third-order valence-corrected chi connectivity index (χ3v) is 6.08. The first-order chi connectivity index (χ1) is 10.5. The molecule has 0 unspecified atom stereocenters. The van der Waals surface area contributed by atoms with E-state index in [9.17, 15) is 12.8 Å². The van der Waals surface area contributed by atoms with Crippen LogP contribution < -0.4 is 9.46 Å². The van der Waals surface area contributed by atoms with Crippen LogP contribution in [0.2, 0.25) is 0 Å². The second-order valence-electron chi connectivity index (χ2n) is 5.91. The third kappa shape index (κ3) is 2.98. The van der Waals surface area contributed by atoms with Gasteiger partial charge in [-0.1, -0.05) is 6.42 Å². The Morgan fingerprint density at radius 1 is 1.27 bits per heavy atom. The highest BCUT2D eigenvalue weighted by Gasteiger charge is 2.37. The SMILES string of the molecule is COc1ccc(S(=O)(=O)N[C@H]2CCN3CCCC[C@@H]23)cc1F. The molecular weight excluding hydrogens is 307 g/mol. The van der Waals surface area contributed by atoms with E-state index in [2.05, 4.69) is 9.62 Å². The van der Waals surface area contributed by atoms with Gasteiger partial charge in [-0.05, 0) is 44.0 Å². The molecule has 1 aromatic carbocycles. The molecule has 5 nitrogen and oxygen atoms in total. The molecule has 1 aromatic rings. The maximum absolute atomic E-state index is 13.7. The van der Waals surface area contributed by atoms with Crippen LogP contribution in [0.4, 0.5) is 4.39 Å². The van der Waals surface area contributed by atoms with Gasteiger partial charge >= 0.3 is 0 Å². The summed E-state index contributed by atoms with van der Waals surface area (Å²) < 4.78 is 46.3. The van der Waals surface area contributed by atoms with Crippen molar-refractivity contribution in [3.05, 3.63) is 24.0 Å². The van der Waals surface area contributed by atoms with Crippen molar-refractivity contribution < 1.29 is 17.5 Å². The number of hydrogen-bond donors (Lipinski definition) is 1. The summed E-state index contributed by atoms with van der Waals surface area (Å²) in [7, 11) is -2.37. The van der Waals surface area contributed by atoms with E-state index in [1.807, 2.05) is 0 Å². The Labute approximate surface area is 130 Å². The Morgan fingerprint density at radius 3 is 2.82 bits per heavy atom. The molecule has 0 radical (unpaired) electrons. The van der Waals surface area contributed by atoms with Crippen LogP contribution in [0.15, 0.2) is 23.1 Å². The molecule has 22 heavy (non-hydrogen) atoms. The standard InChI is InChI=1S/C15H21FN2O3S/c1-21-15-6-5-11(10-12(15)16)22(19,20)17-13-7-9-18-8-3-2-4-14(13)18/h5-6,10,13-14,17H,2-4,7-9H2,1H3/t13-,14-/m0/s1. The molecule has 1 N–H and O–H groups in total. The summed E-state index contributed by atoms with van der Waals surface area (Å²) in [5.41, 5.74) is 0. The summed E-state index contributed by atoms with van der Waals surface area (Å²) in [6, 6.07) is 3.90. The Hall–Kier alpha value is -1.18. The second-order valence-corrected chi connectivity index (χ2v) is 7.63. The lowest BCUT2D eigenvalue weighted by atomic mass is 10.00. The zero-order valence-corrected chi connectivity index (χ0v) is 13.4. The van der Waals surface area contributed by atoms with E-state index in [0.717, 1.165) is 38.4 Å². The molecule has 0 spiro atoms. The van der Waals surface area contributed by atoms with E-state index in [-0.39, 0.29) is 22.7 Å². The highest BCUT2D eigenvalue weighted by molar-refractivity contribution is 7.89. The zero-order chi connectivity index (χ0) is 15.7. The van der Waals surface area contributed by atoms with E-state index >= 15 is 0 Å². The molecule has 3 rings (SSSR count). The van der Waals surface area contributed by atoms with Crippen molar-refractivity contribution in [3.8, 4) is 5.75 Å². The fraction of sp³-hybridized carbons (Fsp3) is 0.600. The van der Waals surface area contributed by atoms with Crippen LogP contribution in [0.5, 0.6) is 5.75 Å². The minimum Gasteiger partial charge on any atom is -0.494 e. The lowest BCUT2D eigenvalue weighted by Crippen LogP contribution is -2.46. The van der Waals surface area contributed by atoms with E-state index in [4.69, 9.17) is 4.74 Å². The number of ether oxygens (including phenoxy) is 1. The van der Waals surface area contributed by atoms with Gasteiger partial charge in [0, 0.05) is 18.6 Å². The lowest BCUT2D eigenvalue weighted by molar-refractivity contribution is 0.186. The first-order valence-corrected chi connectivity index (χ1v) is 9.09. The quantitative estimate of drug-likeness (QED) is 0.915. The van der Waals surface area contributed by atoms with E-state index in [1.165, 1.54) is 25.7 Å². The van der Waals surface area contributed by atoms with Gasteiger partial charge in [-0.2, -0.15) is 0 Å². The summed E-state index contributed by atoms with van der Waals surface area (Å²) in [4.78, 5) is 2.30. The average molecular weight is 328 g/mol. The van der Waals surface area contributed by atoms with Gasteiger partial charge in [0.15, 0.2) is 11.6 Å². The predicted octanol–water partition coefficient (Wildman–Crippen LogP) is 1.74. The first-order valence-electron chi connectivity index (χ1n) is 7.61. The van der Waals surface area contributed by atoms with Crippen LogP contribution in [0.1, 0.15) is 25.7 Å². The van der Waals surface area contributed by atoms with Gasteiger partial charge in [0.25, 0.3) is 0 Å². The molecular formula is C15H21FN2O3S. The van der Waals surface area contributed by atoms with Gasteiger partial charge in [-0.3, -0.25) is 4.90 Å². The number of fused-ring (bicyclic) bond motifs is 1. The van der Waals surface area contributed by atoms with Crippen molar-refractivity contribution in [3.63, 3.8) is 0 Å². The van der Waals surface area contributed by atoms with Crippen LogP contribution >= 0.6 is 0 Å². The maximum atomic E-state index is 13.7. The fourth-order valence-corrected chi connectivity index (χ4v) is 4.78. The monoisotopic (exact) mass is 328 g/mol. The molecule has 2 aliphatic rings. The van der Waals surface area contributed by atoms with Crippen LogP contribution in [0.3, 0.4) is 0 Å². The van der Waals surface area contributed by atoms with Gasteiger partial charge in [0.1, 0.15) is 0 Å². The van der Waals surface area contributed by atoms with Crippen LogP contribution in [0, 0.1) is 5.82 Å². The normalized spacial score (nSPS) is 25.9. The van der Waals surface area contributed by atoms with Crippen molar-refractivity contribution >= 4 is 10.0 Å². The van der Waals surface area contributed by atoms with Crippen LogP contribution in [0.25, 0.3) is 0 Å². The number of nitrogens with zero attached hydrogens (tertiary/aromatic N) is 1. The minimum absolute atomic E-state index is 0.0401. The average Bonchev–Trinajstić information content (AvgIpc) is 2.90. The van der Waals surface area contributed by atoms with E-state index in [0.29, 0.717) is 0 Å². The van der Waals surface area contributed by atoms with Crippen LogP contribution in [-0.4, -0.2) is 45.6 Å². The zero-order valence-electron chi connectivity index (χ0n) is 12.6. The number of rotatable bonds is 4. The Kier molecular flexibility index (Phi) is 4.38. The van der Waals surface area contributed by atoms with Crippen molar-refractivity contribution in [1.29, 1.82) is 0 Å². The van der Waals surface area contributed by atoms with Crippen molar-refractivity contribution in [2.45, 2.75) is 42.7 Å². The molecule has 0 saturated carbocycles. The Bertz CT molecular complexity index is 650. The molecule has 0 bridgehead atoms. The summed E-state index contributed by atoms with van der Waals surface area (Å²) in [6.45, 7) is 1.97. The van der Waals surface area contributed by atoms with Crippen LogP contribution in [-0.2, 0) is 10.0 Å². The maximum Gasteiger partial charge on any atom is 0.240 e. The number of sulfonamides is 1. The molecule has 122 valence electrons. The van der Waals surface area contributed by atoms with Gasteiger partial charge in [0.2, 0.25) is 10.0 Å². The molecule has 7 heteroatoms. The molecule has 2 heterocycles. The molecule has 2 aliphatic heterocycles. The molecule has 2 saturated heterocycles. The van der Waals surface area contributed by atoms with Crippen molar-refractivity contribution in [2.24, 2.45) is 0 Å². The van der Waals surface area contributed by atoms with Gasteiger partial charge in [0.05, 0.1) is 12.0 Å². The second kappa shape index (κ2) is 6.14. The lowest BCUT2D eigenvalue weighted by Gasteiger charge is -2.32. The Balaban J connectivity index is 1.77. The number of hydrogen-bond acceptors (Lipinski definition) is 4. The molecule has 0 amide bonds. The number of piperidine rings is 1. The number of halogens is 1. The highest BCUT2D eigenvalue weighted by atomic mass is 32.2. The molecule has 0 aliphatic carbocycles. The Morgan fingerprint density at radius 2 is 2.09 bits per heavy atom. The number of methoxy groups -OCH3 is 1. The third-order valence-electron chi connectivity index (χ3n) is 4.60. The molecule has 2 atom stereocenters. The minimum atomic E-state index is -3.71.